The largest absolute Gasteiger partial charge is 0.325 e. The summed E-state index contributed by atoms with van der Waals surface area (Å²) in [5.74, 6) is 0. The fourth-order valence-corrected chi connectivity index (χ4v) is 2.70. The molecule has 0 aliphatic rings. The molecule has 0 unspecified atom stereocenters. The summed E-state index contributed by atoms with van der Waals surface area (Å²) in [4.78, 5) is 25.9. The number of hydrogen-bond donors (Lipinski definition) is 2. The summed E-state index contributed by atoms with van der Waals surface area (Å²) in [7, 11) is -2.69. The quantitative estimate of drug-likeness (QED) is 0.819. The molecule has 0 saturated carbocycles. The van der Waals surface area contributed by atoms with Crippen LogP contribution < -0.4 is 15.6 Å². The van der Waals surface area contributed by atoms with Gasteiger partial charge in [-0.2, -0.15) is 0 Å². The minimum absolute atomic E-state index is 0.410. The van der Waals surface area contributed by atoms with E-state index in [1.165, 1.54) is 7.05 Å². The highest BCUT2D eigenvalue weighted by Gasteiger charge is 2.24. The van der Waals surface area contributed by atoms with Crippen LogP contribution in [0, 0.1) is 0 Å². The number of benzene rings is 1. The zero-order valence-corrected chi connectivity index (χ0v) is 10.8. The SMILES string of the molecule is CN(c1ccccc1)S(=O)(=O)c1c[nH]c(=O)[nH]c1=O. The Morgan fingerprint density at radius 3 is 2.32 bits per heavy atom. The van der Waals surface area contributed by atoms with Crippen molar-refractivity contribution in [3.05, 3.63) is 57.4 Å². The van der Waals surface area contributed by atoms with Crippen LogP contribution in [0.2, 0.25) is 0 Å². The van der Waals surface area contributed by atoms with Crippen molar-refractivity contribution in [3.63, 3.8) is 0 Å². The molecule has 100 valence electrons. The molecule has 2 N–H and O–H groups in total. The highest BCUT2D eigenvalue weighted by atomic mass is 32.2. The summed E-state index contributed by atoms with van der Waals surface area (Å²) >= 11 is 0. The van der Waals surface area contributed by atoms with Gasteiger partial charge >= 0.3 is 5.69 Å². The maximum atomic E-state index is 12.2. The number of H-pyrrole nitrogens is 2. The maximum absolute atomic E-state index is 12.2. The zero-order valence-electron chi connectivity index (χ0n) is 9.95. The van der Waals surface area contributed by atoms with Gasteiger partial charge in [-0.25, -0.2) is 13.2 Å². The Kier molecular flexibility index (Phi) is 3.26. The molecule has 2 aromatic rings. The monoisotopic (exact) mass is 281 g/mol. The molecule has 0 aliphatic carbocycles. The molecule has 0 aliphatic heterocycles. The van der Waals surface area contributed by atoms with Crippen LogP contribution in [0.4, 0.5) is 5.69 Å². The normalized spacial score (nSPS) is 11.2. The van der Waals surface area contributed by atoms with Crippen LogP contribution in [0.25, 0.3) is 0 Å². The molecule has 1 aromatic heterocycles. The Labute approximate surface area is 108 Å². The molecule has 0 atom stereocenters. The van der Waals surface area contributed by atoms with Crippen molar-refractivity contribution >= 4 is 15.7 Å². The van der Waals surface area contributed by atoms with E-state index in [0.29, 0.717) is 5.69 Å². The van der Waals surface area contributed by atoms with Gasteiger partial charge in [0.2, 0.25) is 0 Å². The number of para-hydroxylation sites is 1. The highest BCUT2D eigenvalue weighted by molar-refractivity contribution is 7.92. The average molecular weight is 281 g/mol. The number of rotatable bonds is 3. The second-order valence-electron chi connectivity index (χ2n) is 3.74. The minimum atomic E-state index is -4.02. The smallest absolute Gasteiger partial charge is 0.313 e. The van der Waals surface area contributed by atoms with Crippen LogP contribution in [0.5, 0.6) is 0 Å². The van der Waals surface area contributed by atoms with Crippen LogP contribution in [-0.4, -0.2) is 25.4 Å². The van der Waals surface area contributed by atoms with Gasteiger partial charge in [0.1, 0.15) is 0 Å². The number of sulfonamides is 1. The molecule has 0 radical (unpaired) electrons. The van der Waals surface area contributed by atoms with Crippen LogP contribution in [0.15, 0.2) is 51.0 Å². The van der Waals surface area contributed by atoms with Gasteiger partial charge in [-0.05, 0) is 12.1 Å². The summed E-state index contributed by atoms with van der Waals surface area (Å²) in [6.45, 7) is 0. The third-order valence-electron chi connectivity index (χ3n) is 2.54. The van der Waals surface area contributed by atoms with Crippen molar-refractivity contribution in [3.8, 4) is 0 Å². The lowest BCUT2D eigenvalue weighted by Crippen LogP contribution is -2.34. The number of aromatic nitrogens is 2. The first-order valence-corrected chi connectivity index (χ1v) is 6.73. The molecule has 1 aromatic carbocycles. The third-order valence-corrected chi connectivity index (χ3v) is 4.33. The van der Waals surface area contributed by atoms with E-state index < -0.39 is 26.2 Å². The van der Waals surface area contributed by atoms with Gasteiger partial charge in [0.15, 0.2) is 4.90 Å². The van der Waals surface area contributed by atoms with Gasteiger partial charge in [0.25, 0.3) is 15.6 Å². The van der Waals surface area contributed by atoms with Gasteiger partial charge in [0.05, 0.1) is 5.69 Å². The van der Waals surface area contributed by atoms with Crippen molar-refractivity contribution in [2.75, 3.05) is 11.4 Å². The van der Waals surface area contributed by atoms with E-state index in [2.05, 4.69) is 4.98 Å². The lowest BCUT2D eigenvalue weighted by atomic mass is 10.3. The molecular weight excluding hydrogens is 270 g/mol. The minimum Gasteiger partial charge on any atom is -0.313 e. The number of nitrogens with zero attached hydrogens (tertiary/aromatic N) is 1. The predicted molar refractivity (Wildman–Crippen MR) is 69.7 cm³/mol. The Bertz CT molecular complexity index is 792. The standard InChI is InChI=1S/C11H11N3O4S/c1-14(8-5-3-2-4-6-8)19(17,18)9-7-12-11(16)13-10(9)15/h2-7H,1H3,(H2,12,13,15,16). The maximum Gasteiger partial charge on any atom is 0.325 e. The van der Waals surface area contributed by atoms with Gasteiger partial charge in [-0.1, -0.05) is 18.2 Å². The average Bonchev–Trinajstić information content (AvgIpc) is 2.38. The van der Waals surface area contributed by atoms with Crippen molar-refractivity contribution in [2.24, 2.45) is 0 Å². The first kappa shape index (κ1) is 13.1. The van der Waals surface area contributed by atoms with Crippen molar-refractivity contribution in [2.45, 2.75) is 4.90 Å². The number of hydrogen-bond acceptors (Lipinski definition) is 4. The first-order valence-electron chi connectivity index (χ1n) is 5.29. The molecule has 2 rings (SSSR count). The molecule has 0 spiro atoms. The van der Waals surface area contributed by atoms with Crippen LogP contribution in [0.1, 0.15) is 0 Å². The fourth-order valence-electron chi connectivity index (χ4n) is 1.51. The summed E-state index contributed by atoms with van der Waals surface area (Å²) in [5, 5.41) is 0. The molecule has 0 saturated heterocycles. The highest BCUT2D eigenvalue weighted by Crippen LogP contribution is 2.18. The number of nitrogens with one attached hydrogen (secondary N) is 2. The van der Waals surface area contributed by atoms with Gasteiger partial charge in [0, 0.05) is 13.2 Å². The zero-order chi connectivity index (χ0) is 14.0. The third kappa shape index (κ3) is 2.43. The Morgan fingerprint density at radius 1 is 1.11 bits per heavy atom. The van der Waals surface area contributed by atoms with Gasteiger partial charge in [-0.15, -0.1) is 0 Å². The Hall–Kier alpha value is -2.35. The predicted octanol–water partition coefficient (Wildman–Crippen LogP) is -0.112. The first-order chi connectivity index (χ1) is 8.93. The van der Waals surface area contributed by atoms with E-state index in [4.69, 9.17) is 0 Å². The topological polar surface area (TPSA) is 103 Å². The van der Waals surface area contributed by atoms with Crippen molar-refractivity contribution < 1.29 is 8.42 Å². The molecule has 0 amide bonds. The van der Waals surface area contributed by atoms with Crippen LogP contribution in [-0.2, 0) is 10.0 Å². The number of aromatic amines is 2. The molecule has 7 nitrogen and oxygen atoms in total. The lowest BCUT2D eigenvalue weighted by Gasteiger charge is -2.18. The molecule has 0 fully saturated rings. The number of anilines is 1. The van der Waals surface area contributed by atoms with E-state index in [1.807, 2.05) is 4.98 Å². The second kappa shape index (κ2) is 4.73. The molecule has 0 bridgehead atoms. The van der Waals surface area contributed by atoms with E-state index in [-0.39, 0.29) is 0 Å². The summed E-state index contributed by atoms with van der Waals surface area (Å²) in [6.07, 6.45) is 0.885. The molecule has 1 heterocycles. The van der Waals surface area contributed by atoms with E-state index in [0.717, 1.165) is 10.5 Å². The Morgan fingerprint density at radius 2 is 1.74 bits per heavy atom. The Balaban J connectivity index is 2.55. The van der Waals surface area contributed by atoms with Gasteiger partial charge < -0.3 is 4.98 Å². The summed E-state index contributed by atoms with van der Waals surface area (Å²) in [5.41, 5.74) is -1.30. The molecular formula is C11H11N3O4S. The van der Waals surface area contributed by atoms with Gasteiger partial charge in [-0.3, -0.25) is 14.1 Å². The second-order valence-corrected chi connectivity index (χ2v) is 5.68. The summed E-state index contributed by atoms with van der Waals surface area (Å²) in [6, 6.07) is 8.29. The van der Waals surface area contributed by atoms with E-state index in [1.54, 1.807) is 30.3 Å². The van der Waals surface area contributed by atoms with Crippen molar-refractivity contribution in [1.29, 1.82) is 0 Å². The summed E-state index contributed by atoms with van der Waals surface area (Å²) < 4.78 is 25.5. The van der Waals surface area contributed by atoms with E-state index >= 15 is 0 Å². The van der Waals surface area contributed by atoms with Crippen LogP contribution in [0.3, 0.4) is 0 Å². The van der Waals surface area contributed by atoms with Crippen LogP contribution >= 0.6 is 0 Å². The lowest BCUT2D eigenvalue weighted by molar-refractivity contribution is 0.592. The fraction of sp³-hybridized carbons (Fsp3) is 0.0909. The van der Waals surface area contributed by atoms with E-state index in [9.17, 15) is 18.0 Å². The van der Waals surface area contributed by atoms with Crippen molar-refractivity contribution in [1.82, 2.24) is 9.97 Å². The molecule has 19 heavy (non-hydrogen) atoms. The molecule has 8 heteroatoms.